The molecule has 1 aromatic heterocycles. The van der Waals surface area contributed by atoms with Gasteiger partial charge in [0.2, 0.25) is 0 Å². The van der Waals surface area contributed by atoms with E-state index in [0.717, 1.165) is 38.5 Å². The lowest BCUT2D eigenvalue weighted by Gasteiger charge is -2.27. The van der Waals surface area contributed by atoms with Crippen LogP contribution in [0.15, 0.2) is 6.33 Å². The Morgan fingerprint density at radius 1 is 1.24 bits per heavy atom. The molecule has 0 radical (unpaired) electrons. The molecule has 0 atom stereocenters. The zero-order chi connectivity index (χ0) is 11.5. The van der Waals surface area contributed by atoms with Crippen LogP contribution in [0.3, 0.4) is 0 Å². The van der Waals surface area contributed by atoms with Crippen molar-refractivity contribution in [2.45, 2.75) is 38.3 Å². The van der Waals surface area contributed by atoms with Gasteiger partial charge in [-0.15, -0.1) is 10.2 Å². The van der Waals surface area contributed by atoms with E-state index in [1.807, 2.05) is 6.33 Å². The molecule has 1 saturated carbocycles. The van der Waals surface area contributed by atoms with Gasteiger partial charge in [-0.1, -0.05) is 12.8 Å². The van der Waals surface area contributed by atoms with Crippen LogP contribution in [0.5, 0.6) is 0 Å². The Kier molecular flexibility index (Phi) is 3.38. The van der Waals surface area contributed by atoms with E-state index in [2.05, 4.69) is 25.0 Å². The molecular weight excluding hydrogens is 214 g/mol. The van der Waals surface area contributed by atoms with Gasteiger partial charge in [0.05, 0.1) is 6.54 Å². The molecule has 1 aromatic rings. The van der Waals surface area contributed by atoms with E-state index >= 15 is 0 Å². The molecule has 0 bridgehead atoms. The number of nitrogens with one attached hydrogen (secondary N) is 1. The highest BCUT2D eigenvalue weighted by atomic mass is 15.3. The Balaban J connectivity index is 1.67. The number of nitrogens with zero attached hydrogens (tertiary/aromatic N) is 4. The predicted molar refractivity (Wildman–Crippen MR) is 65.7 cm³/mol. The molecule has 1 aliphatic carbocycles. The van der Waals surface area contributed by atoms with Crippen LogP contribution >= 0.6 is 0 Å². The summed E-state index contributed by atoms with van der Waals surface area (Å²) in [4.78, 5) is 2.46. The van der Waals surface area contributed by atoms with Crippen LogP contribution in [0.4, 0.5) is 0 Å². The molecule has 0 spiro atoms. The largest absolute Gasteiger partial charge is 0.314 e. The van der Waals surface area contributed by atoms with Crippen molar-refractivity contribution in [3.63, 3.8) is 0 Å². The van der Waals surface area contributed by atoms with Crippen LogP contribution < -0.4 is 5.32 Å². The van der Waals surface area contributed by atoms with E-state index in [1.165, 1.54) is 25.7 Å². The van der Waals surface area contributed by atoms with Crippen molar-refractivity contribution in [2.24, 2.45) is 0 Å². The molecule has 1 N–H and O–H groups in total. The molecule has 2 heterocycles. The maximum absolute atomic E-state index is 4.31. The molecule has 3 rings (SSSR count). The zero-order valence-corrected chi connectivity index (χ0v) is 10.3. The van der Waals surface area contributed by atoms with Gasteiger partial charge in [0, 0.05) is 32.2 Å². The third kappa shape index (κ3) is 2.50. The van der Waals surface area contributed by atoms with Gasteiger partial charge in [-0.05, 0) is 12.8 Å². The minimum atomic E-state index is 0.655. The van der Waals surface area contributed by atoms with Crippen molar-refractivity contribution >= 4 is 0 Å². The summed E-state index contributed by atoms with van der Waals surface area (Å²) in [6, 6.07) is 0.655. The van der Waals surface area contributed by atoms with Crippen LogP contribution in [0.2, 0.25) is 0 Å². The molecule has 17 heavy (non-hydrogen) atoms. The van der Waals surface area contributed by atoms with Gasteiger partial charge in [-0.3, -0.25) is 4.90 Å². The zero-order valence-electron chi connectivity index (χ0n) is 10.3. The molecular formula is C12H21N5. The van der Waals surface area contributed by atoms with Gasteiger partial charge in [-0.25, -0.2) is 0 Å². The van der Waals surface area contributed by atoms with Crippen LogP contribution in [0, 0.1) is 0 Å². The average molecular weight is 235 g/mol. The van der Waals surface area contributed by atoms with Crippen molar-refractivity contribution < 1.29 is 0 Å². The van der Waals surface area contributed by atoms with Gasteiger partial charge in [0.15, 0.2) is 0 Å². The van der Waals surface area contributed by atoms with Crippen molar-refractivity contribution in [2.75, 3.05) is 26.2 Å². The lowest BCUT2D eigenvalue weighted by atomic mass is 10.2. The van der Waals surface area contributed by atoms with E-state index in [-0.39, 0.29) is 0 Å². The second kappa shape index (κ2) is 5.14. The number of aromatic nitrogens is 3. The summed E-state index contributed by atoms with van der Waals surface area (Å²) in [6.07, 6.45) is 7.23. The molecule has 0 amide bonds. The fraction of sp³-hybridized carbons (Fsp3) is 0.833. The Bertz CT molecular complexity index is 350. The fourth-order valence-corrected chi connectivity index (χ4v) is 2.94. The highest BCUT2D eigenvalue weighted by Crippen LogP contribution is 2.30. The predicted octanol–water partition coefficient (Wildman–Crippen LogP) is 0.798. The van der Waals surface area contributed by atoms with E-state index in [0.29, 0.717) is 6.04 Å². The lowest BCUT2D eigenvalue weighted by Crippen LogP contribution is -2.43. The molecule has 2 aliphatic rings. The van der Waals surface area contributed by atoms with Gasteiger partial charge < -0.3 is 9.88 Å². The molecule has 0 aromatic carbocycles. The molecule has 5 heteroatoms. The van der Waals surface area contributed by atoms with Gasteiger partial charge >= 0.3 is 0 Å². The lowest BCUT2D eigenvalue weighted by molar-refractivity contribution is 0.222. The Labute approximate surface area is 102 Å². The maximum atomic E-state index is 4.31. The van der Waals surface area contributed by atoms with Gasteiger partial charge in [-0.2, -0.15) is 0 Å². The smallest absolute Gasteiger partial charge is 0.147 e. The number of hydrogen-bond acceptors (Lipinski definition) is 4. The minimum Gasteiger partial charge on any atom is -0.314 e. The van der Waals surface area contributed by atoms with Crippen molar-refractivity contribution in [3.8, 4) is 0 Å². The minimum absolute atomic E-state index is 0.655. The summed E-state index contributed by atoms with van der Waals surface area (Å²) in [7, 11) is 0. The summed E-state index contributed by atoms with van der Waals surface area (Å²) >= 11 is 0. The van der Waals surface area contributed by atoms with Crippen LogP contribution in [0.25, 0.3) is 0 Å². The highest BCUT2D eigenvalue weighted by molar-refractivity contribution is 4.92. The molecule has 0 unspecified atom stereocenters. The maximum Gasteiger partial charge on any atom is 0.147 e. The first-order valence-electron chi connectivity index (χ1n) is 6.75. The standard InChI is InChI=1S/C12H21N5/c1-2-4-11(3-1)17-10-14-15-12(17)9-16-7-5-13-6-8-16/h10-11,13H,1-9H2. The second-order valence-electron chi connectivity index (χ2n) is 5.12. The summed E-state index contributed by atoms with van der Waals surface area (Å²) in [6.45, 7) is 5.39. The molecule has 1 saturated heterocycles. The van der Waals surface area contributed by atoms with Gasteiger partial charge in [0.1, 0.15) is 12.2 Å². The van der Waals surface area contributed by atoms with Crippen LogP contribution in [-0.2, 0) is 6.54 Å². The van der Waals surface area contributed by atoms with E-state index in [1.54, 1.807) is 0 Å². The van der Waals surface area contributed by atoms with Crippen LogP contribution in [-0.4, -0.2) is 45.8 Å². The average Bonchev–Trinajstić information content (AvgIpc) is 3.00. The SMILES string of the molecule is c1nnc(CN2CCNCC2)n1C1CCCC1. The summed E-state index contributed by atoms with van der Waals surface area (Å²) in [5.74, 6) is 1.15. The number of piperazine rings is 1. The third-order valence-corrected chi connectivity index (χ3v) is 3.94. The van der Waals surface area contributed by atoms with Crippen molar-refractivity contribution in [3.05, 3.63) is 12.2 Å². The first-order valence-corrected chi connectivity index (χ1v) is 6.75. The van der Waals surface area contributed by atoms with Crippen LogP contribution in [0.1, 0.15) is 37.5 Å². The molecule has 94 valence electrons. The Morgan fingerprint density at radius 2 is 2.00 bits per heavy atom. The third-order valence-electron chi connectivity index (χ3n) is 3.94. The Morgan fingerprint density at radius 3 is 2.76 bits per heavy atom. The van der Waals surface area contributed by atoms with Gasteiger partial charge in [0.25, 0.3) is 0 Å². The van der Waals surface area contributed by atoms with E-state index < -0.39 is 0 Å². The second-order valence-corrected chi connectivity index (χ2v) is 5.12. The molecule has 1 aliphatic heterocycles. The van der Waals surface area contributed by atoms with E-state index in [4.69, 9.17) is 0 Å². The summed E-state index contributed by atoms with van der Waals surface area (Å²) in [5.41, 5.74) is 0. The first-order chi connectivity index (χ1) is 8.43. The number of hydrogen-bond donors (Lipinski definition) is 1. The summed E-state index contributed by atoms with van der Waals surface area (Å²) in [5, 5.41) is 11.8. The molecule has 2 fully saturated rings. The Hall–Kier alpha value is -0.940. The summed E-state index contributed by atoms with van der Waals surface area (Å²) < 4.78 is 2.31. The molecule has 5 nitrogen and oxygen atoms in total. The number of rotatable bonds is 3. The van der Waals surface area contributed by atoms with Crippen molar-refractivity contribution in [1.82, 2.24) is 25.0 Å². The quantitative estimate of drug-likeness (QED) is 0.841. The van der Waals surface area contributed by atoms with E-state index in [9.17, 15) is 0 Å². The topological polar surface area (TPSA) is 46.0 Å². The normalized spacial score (nSPS) is 23.3. The monoisotopic (exact) mass is 235 g/mol. The van der Waals surface area contributed by atoms with Crippen molar-refractivity contribution in [1.29, 1.82) is 0 Å². The fourth-order valence-electron chi connectivity index (χ4n) is 2.94. The highest BCUT2D eigenvalue weighted by Gasteiger charge is 2.21. The first kappa shape index (κ1) is 11.2.